The number of allylic oxidation sites excluding steroid dienone is 4. The Morgan fingerprint density at radius 1 is 0.676 bits per heavy atom. The molecule has 7 heteroatoms. The summed E-state index contributed by atoms with van der Waals surface area (Å²) in [6.07, 6.45) is 1.74. The van der Waals surface area contributed by atoms with Crippen molar-refractivity contribution in [1.82, 2.24) is 0 Å². The summed E-state index contributed by atoms with van der Waals surface area (Å²) in [5.41, 5.74) is 2.95. The number of ether oxygens (including phenoxy) is 2. The molecule has 0 saturated carbocycles. The Morgan fingerprint density at radius 2 is 1.03 bits per heavy atom. The van der Waals surface area contributed by atoms with Crippen molar-refractivity contribution in [2.24, 2.45) is 0 Å². The van der Waals surface area contributed by atoms with Gasteiger partial charge in [0.05, 0.1) is 25.6 Å². The minimum atomic E-state index is -0.616. The van der Waals surface area contributed by atoms with Crippen molar-refractivity contribution in [2.45, 2.75) is 38.5 Å². The summed E-state index contributed by atoms with van der Waals surface area (Å²) >= 11 is 0. The van der Waals surface area contributed by atoms with Gasteiger partial charge in [0.2, 0.25) is 0 Å². The van der Waals surface area contributed by atoms with E-state index < -0.39 is 23.0 Å². The highest BCUT2D eigenvalue weighted by Crippen LogP contribution is 2.49. The largest absolute Gasteiger partial charge is 0.452 e. The van der Waals surface area contributed by atoms with E-state index in [1.165, 1.54) is 36.2 Å². The zero-order valence-electron chi connectivity index (χ0n) is 20.2. The maximum absolute atomic E-state index is 13.4. The van der Waals surface area contributed by atoms with E-state index in [9.17, 15) is 14.4 Å². The molecule has 7 nitrogen and oxygen atoms in total. The van der Waals surface area contributed by atoms with E-state index >= 15 is 0 Å². The highest BCUT2D eigenvalue weighted by Gasteiger charge is 2.45. The van der Waals surface area contributed by atoms with E-state index in [-0.39, 0.29) is 5.78 Å². The predicted molar refractivity (Wildman–Crippen MR) is 130 cm³/mol. The van der Waals surface area contributed by atoms with Crippen molar-refractivity contribution in [2.75, 3.05) is 24.0 Å². The molecule has 0 spiro atoms. The maximum atomic E-state index is 13.4. The molecule has 2 aliphatic heterocycles. The van der Waals surface area contributed by atoms with Gasteiger partial charge < -0.3 is 9.47 Å². The lowest BCUT2D eigenvalue weighted by molar-refractivity contribution is -0.110. The third-order valence-corrected chi connectivity index (χ3v) is 6.67. The molecule has 4 rings (SSSR count). The molecule has 2 aliphatic rings. The SMILES string of the molecule is COC(=O)N1C(=CC(=O)C=C2N(C(=O)OC)c3ccccc3C2(C)C)C(C)(C)c2ccccc21. The second-order valence-electron chi connectivity index (χ2n) is 9.36. The average molecular weight is 461 g/mol. The number of ketones is 1. The highest BCUT2D eigenvalue weighted by molar-refractivity contribution is 6.07. The molecule has 176 valence electrons. The number of benzene rings is 2. The number of para-hydroxylation sites is 2. The monoisotopic (exact) mass is 460 g/mol. The van der Waals surface area contributed by atoms with Gasteiger partial charge >= 0.3 is 12.2 Å². The third-order valence-electron chi connectivity index (χ3n) is 6.67. The van der Waals surface area contributed by atoms with Crippen LogP contribution < -0.4 is 9.80 Å². The normalized spacial score (nSPS) is 19.7. The van der Waals surface area contributed by atoms with E-state index in [4.69, 9.17) is 9.47 Å². The van der Waals surface area contributed by atoms with Crippen LogP contribution in [0.15, 0.2) is 72.1 Å². The van der Waals surface area contributed by atoms with Crippen LogP contribution in [0.5, 0.6) is 0 Å². The summed E-state index contributed by atoms with van der Waals surface area (Å²) in [6.45, 7) is 7.82. The second kappa shape index (κ2) is 8.17. The first-order chi connectivity index (χ1) is 16.1. The van der Waals surface area contributed by atoms with E-state index in [1.54, 1.807) is 0 Å². The van der Waals surface area contributed by atoms with Gasteiger partial charge in [0.1, 0.15) is 0 Å². The van der Waals surface area contributed by atoms with Crippen molar-refractivity contribution in [1.29, 1.82) is 0 Å². The third kappa shape index (κ3) is 3.39. The van der Waals surface area contributed by atoms with Crippen LogP contribution in [0.3, 0.4) is 0 Å². The van der Waals surface area contributed by atoms with Crippen LogP contribution in [-0.2, 0) is 25.1 Å². The first-order valence-corrected chi connectivity index (χ1v) is 11.0. The molecule has 2 aromatic carbocycles. The Hall–Kier alpha value is -3.87. The number of amides is 2. The van der Waals surface area contributed by atoms with E-state index in [0.29, 0.717) is 22.8 Å². The van der Waals surface area contributed by atoms with Gasteiger partial charge in [0, 0.05) is 34.4 Å². The summed E-state index contributed by atoms with van der Waals surface area (Å²) in [5.74, 6) is -0.352. The standard InChI is InChI=1S/C27H28N2O5/c1-26(2)18-11-7-9-13-20(18)28(24(31)33-5)22(26)15-17(30)16-23-27(3,4)19-12-8-10-14-21(19)29(23)25(32)34-6/h7-16H,1-6H3. The molecule has 0 N–H and O–H groups in total. The van der Waals surface area contributed by atoms with E-state index in [1.807, 2.05) is 76.2 Å². The lowest BCUT2D eigenvalue weighted by Crippen LogP contribution is -2.33. The van der Waals surface area contributed by atoms with Gasteiger partial charge in [-0.05, 0) is 23.3 Å². The van der Waals surface area contributed by atoms with Crippen LogP contribution in [0.2, 0.25) is 0 Å². The highest BCUT2D eigenvalue weighted by atomic mass is 16.5. The Labute approximate surface area is 199 Å². The van der Waals surface area contributed by atoms with Crippen molar-refractivity contribution < 1.29 is 23.9 Å². The summed E-state index contributed by atoms with van der Waals surface area (Å²) in [7, 11) is 2.62. The zero-order valence-corrected chi connectivity index (χ0v) is 20.2. The van der Waals surface area contributed by atoms with Gasteiger partial charge in [-0.3, -0.25) is 4.79 Å². The summed E-state index contributed by atoms with van der Waals surface area (Å²) < 4.78 is 10.0. The molecular weight excluding hydrogens is 432 g/mol. The summed E-state index contributed by atoms with van der Waals surface area (Å²) in [5, 5.41) is 0. The lowest BCUT2D eigenvalue weighted by Gasteiger charge is -2.26. The second-order valence-corrected chi connectivity index (χ2v) is 9.36. The number of nitrogens with zero attached hydrogens (tertiary/aromatic N) is 2. The Morgan fingerprint density at radius 3 is 1.38 bits per heavy atom. The molecule has 0 atom stereocenters. The molecule has 0 aliphatic carbocycles. The van der Waals surface area contributed by atoms with Gasteiger partial charge in [-0.1, -0.05) is 64.1 Å². The number of carbonyl (C=O) groups is 3. The summed E-state index contributed by atoms with van der Waals surface area (Å²) in [4.78, 5) is 41.7. The van der Waals surface area contributed by atoms with E-state index in [0.717, 1.165) is 11.1 Å². The molecule has 0 saturated heterocycles. The minimum Gasteiger partial charge on any atom is -0.452 e. The van der Waals surface area contributed by atoms with Crippen LogP contribution in [0, 0.1) is 0 Å². The number of hydrogen-bond acceptors (Lipinski definition) is 5. The molecule has 0 unspecified atom stereocenters. The fourth-order valence-corrected chi connectivity index (χ4v) is 4.87. The Bertz CT molecular complexity index is 1160. The van der Waals surface area contributed by atoms with Gasteiger partial charge in [-0.2, -0.15) is 0 Å². The van der Waals surface area contributed by atoms with Crippen molar-refractivity contribution in [3.63, 3.8) is 0 Å². The van der Waals surface area contributed by atoms with Crippen molar-refractivity contribution in [3.8, 4) is 0 Å². The van der Waals surface area contributed by atoms with Crippen molar-refractivity contribution >= 4 is 29.3 Å². The molecule has 34 heavy (non-hydrogen) atoms. The Balaban J connectivity index is 1.83. The van der Waals surface area contributed by atoms with Crippen LogP contribution >= 0.6 is 0 Å². The smallest absolute Gasteiger partial charge is 0.418 e. The first kappa shape index (κ1) is 23.3. The predicted octanol–water partition coefficient (Wildman–Crippen LogP) is 5.45. The number of fused-ring (bicyclic) bond motifs is 2. The molecule has 0 bridgehead atoms. The van der Waals surface area contributed by atoms with Crippen LogP contribution in [0.1, 0.15) is 38.8 Å². The molecule has 2 amide bonds. The van der Waals surface area contributed by atoms with Gasteiger partial charge in [-0.15, -0.1) is 0 Å². The molecule has 2 heterocycles. The molecule has 2 aromatic rings. The molecule has 0 radical (unpaired) electrons. The number of carbonyl (C=O) groups excluding carboxylic acids is 3. The molecular formula is C27H28N2O5. The molecule has 0 aromatic heterocycles. The van der Waals surface area contributed by atoms with Crippen LogP contribution in [0.4, 0.5) is 21.0 Å². The quantitative estimate of drug-likeness (QED) is 0.557. The fraction of sp³-hybridized carbons (Fsp3) is 0.296. The first-order valence-electron chi connectivity index (χ1n) is 11.0. The van der Waals surface area contributed by atoms with Gasteiger partial charge in [0.25, 0.3) is 0 Å². The van der Waals surface area contributed by atoms with Crippen LogP contribution in [-0.4, -0.2) is 32.2 Å². The zero-order chi connectivity index (χ0) is 24.8. The molecule has 0 fully saturated rings. The fourth-order valence-electron chi connectivity index (χ4n) is 4.87. The topological polar surface area (TPSA) is 76.2 Å². The van der Waals surface area contributed by atoms with E-state index in [2.05, 4.69) is 0 Å². The number of anilines is 2. The van der Waals surface area contributed by atoms with Crippen molar-refractivity contribution in [3.05, 3.63) is 83.2 Å². The summed E-state index contributed by atoms with van der Waals surface area (Å²) in [6, 6.07) is 15.0. The number of rotatable bonds is 2. The number of hydrogen-bond donors (Lipinski definition) is 0. The van der Waals surface area contributed by atoms with Gasteiger partial charge in [0.15, 0.2) is 5.78 Å². The lowest BCUT2D eigenvalue weighted by atomic mass is 9.82. The number of methoxy groups -OCH3 is 2. The Kier molecular flexibility index (Phi) is 5.59. The maximum Gasteiger partial charge on any atom is 0.418 e. The average Bonchev–Trinajstić information content (AvgIpc) is 3.17. The van der Waals surface area contributed by atoms with Crippen LogP contribution in [0.25, 0.3) is 0 Å². The minimum absolute atomic E-state index is 0.352. The van der Waals surface area contributed by atoms with Gasteiger partial charge in [-0.25, -0.2) is 19.4 Å².